The van der Waals surface area contributed by atoms with Gasteiger partial charge in [0.1, 0.15) is 0 Å². The van der Waals surface area contributed by atoms with Crippen LogP contribution in [0.4, 0.5) is 0 Å². The quantitative estimate of drug-likeness (QED) is 0.625. The van der Waals surface area contributed by atoms with Crippen LogP contribution in [0.25, 0.3) is 0 Å². The van der Waals surface area contributed by atoms with Crippen LogP contribution in [-0.4, -0.2) is 33.9 Å². The summed E-state index contributed by atoms with van der Waals surface area (Å²) in [5, 5.41) is 2.69. The van der Waals surface area contributed by atoms with Crippen LogP contribution in [-0.2, 0) is 21.3 Å². The molecule has 0 aliphatic carbocycles. The number of carbonyl (C=O) groups excluding carboxylic acids is 2. The molecule has 0 bridgehead atoms. The molecule has 0 atom stereocenters. The molecule has 27 heavy (non-hydrogen) atoms. The lowest BCUT2D eigenvalue weighted by molar-refractivity contribution is 0.0599. The summed E-state index contributed by atoms with van der Waals surface area (Å²) < 4.78 is 32.6. The number of amides is 1. The molecule has 0 fully saturated rings. The highest BCUT2D eigenvalue weighted by molar-refractivity contribution is 9.10. The van der Waals surface area contributed by atoms with Crippen molar-refractivity contribution in [3.63, 3.8) is 0 Å². The van der Waals surface area contributed by atoms with Crippen LogP contribution in [0.5, 0.6) is 0 Å². The van der Waals surface area contributed by atoms with Crippen LogP contribution < -0.4 is 10.0 Å². The molecule has 0 saturated heterocycles. The Morgan fingerprint density at radius 2 is 1.78 bits per heavy atom. The van der Waals surface area contributed by atoms with E-state index in [0.717, 1.165) is 0 Å². The molecule has 7 nitrogen and oxygen atoms in total. The van der Waals surface area contributed by atoms with Gasteiger partial charge in [0.25, 0.3) is 5.91 Å². The van der Waals surface area contributed by atoms with E-state index in [1.807, 2.05) is 6.92 Å². The van der Waals surface area contributed by atoms with Gasteiger partial charge in [-0.15, -0.1) is 0 Å². The summed E-state index contributed by atoms with van der Waals surface area (Å²) >= 11 is 3.20. The largest absolute Gasteiger partial charge is 0.465 e. The Balaban J connectivity index is 2.13. The SMILES string of the molecule is CCNC(=O)c1ccc(CNS(=O)(=O)c2ccc(Br)c(C(=O)OC)c2)cc1. The van der Waals surface area contributed by atoms with Gasteiger partial charge >= 0.3 is 5.97 Å². The molecule has 0 aromatic heterocycles. The molecule has 0 spiro atoms. The second-order valence-corrected chi connectivity index (χ2v) is 8.14. The summed E-state index contributed by atoms with van der Waals surface area (Å²) in [7, 11) is -2.61. The minimum atomic E-state index is -3.83. The molecule has 0 aliphatic rings. The lowest BCUT2D eigenvalue weighted by Gasteiger charge is -2.10. The van der Waals surface area contributed by atoms with E-state index in [2.05, 4.69) is 30.7 Å². The number of ether oxygens (including phenoxy) is 1. The number of methoxy groups -OCH3 is 1. The summed E-state index contributed by atoms with van der Waals surface area (Å²) in [6, 6.07) is 10.7. The Kier molecular flexibility index (Phi) is 7.11. The Hall–Kier alpha value is -2.23. The van der Waals surface area contributed by atoms with Crippen molar-refractivity contribution in [2.45, 2.75) is 18.4 Å². The van der Waals surface area contributed by atoms with Crippen molar-refractivity contribution in [3.8, 4) is 0 Å². The number of sulfonamides is 1. The van der Waals surface area contributed by atoms with E-state index in [0.29, 0.717) is 22.1 Å². The molecule has 2 N–H and O–H groups in total. The van der Waals surface area contributed by atoms with E-state index in [4.69, 9.17) is 0 Å². The number of hydrogen-bond acceptors (Lipinski definition) is 5. The zero-order valence-electron chi connectivity index (χ0n) is 14.8. The predicted octanol–water partition coefficient (Wildman–Crippen LogP) is 2.46. The van der Waals surface area contributed by atoms with Gasteiger partial charge < -0.3 is 10.1 Å². The zero-order valence-corrected chi connectivity index (χ0v) is 17.2. The maximum atomic E-state index is 12.5. The van der Waals surface area contributed by atoms with Gasteiger partial charge in [-0.1, -0.05) is 12.1 Å². The zero-order chi connectivity index (χ0) is 20.0. The third-order valence-corrected chi connectivity index (χ3v) is 5.76. The maximum Gasteiger partial charge on any atom is 0.339 e. The van der Waals surface area contributed by atoms with Gasteiger partial charge in [0.05, 0.1) is 17.6 Å². The highest BCUT2D eigenvalue weighted by Gasteiger charge is 2.19. The van der Waals surface area contributed by atoms with Crippen molar-refractivity contribution in [1.82, 2.24) is 10.0 Å². The molecule has 0 unspecified atom stereocenters. The van der Waals surface area contributed by atoms with E-state index in [-0.39, 0.29) is 22.9 Å². The molecule has 2 aromatic carbocycles. The average Bonchev–Trinajstić information content (AvgIpc) is 2.66. The summed E-state index contributed by atoms with van der Waals surface area (Å²) in [5.41, 5.74) is 1.31. The van der Waals surface area contributed by atoms with E-state index in [1.165, 1.54) is 25.3 Å². The van der Waals surface area contributed by atoms with Gasteiger partial charge in [-0.2, -0.15) is 0 Å². The summed E-state index contributed by atoms with van der Waals surface area (Å²) in [4.78, 5) is 23.4. The Morgan fingerprint density at radius 1 is 1.11 bits per heavy atom. The summed E-state index contributed by atoms with van der Waals surface area (Å²) in [5.74, 6) is -0.824. The maximum absolute atomic E-state index is 12.5. The van der Waals surface area contributed by atoms with Gasteiger partial charge in [0, 0.05) is 23.1 Å². The van der Waals surface area contributed by atoms with Crippen molar-refractivity contribution < 1.29 is 22.7 Å². The van der Waals surface area contributed by atoms with Crippen LogP contribution in [0, 0.1) is 0 Å². The average molecular weight is 455 g/mol. The van der Waals surface area contributed by atoms with Gasteiger partial charge in [0.15, 0.2) is 0 Å². The molecule has 2 aromatic rings. The molecule has 2 rings (SSSR count). The lowest BCUT2D eigenvalue weighted by atomic mass is 10.1. The molecule has 9 heteroatoms. The number of hydrogen-bond donors (Lipinski definition) is 2. The highest BCUT2D eigenvalue weighted by Crippen LogP contribution is 2.22. The Labute approximate surface area is 166 Å². The predicted molar refractivity (Wildman–Crippen MR) is 104 cm³/mol. The minimum Gasteiger partial charge on any atom is -0.465 e. The molecular formula is C18H19BrN2O5S. The fraction of sp³-hybridized carbons (Fsp3) is 0.222. The van der Waals surface area contributed by atoms with Crippen LogP contribution in [0.3, 0.4) is 0 Å². The van der Waals surface area contributed by atoms with E-state index in [9.17, 15) is 18.0 Å². The first-order valence-corrected chi connectivity index (χ1v) is 10.3. The van der Waals surface area contributed by atoms with Crippen LogP contribution in [0.1, 0.15) is 33.2 Å². The fourth-order valence-electron chi connectivity index (χ4n) is 2.24. The van der Waals surface area contributed by atoms with Crippen molar-refractivity contribution >= 4 is 37.8 Å². The number of carbonyl (C=O) groups is 2. The monoisotopic (exact) mass is 454 g/mol. The summed E-state index contributed by atoms with van der Waals surface area (Å²) in [6.45, 7) is 2.40. The molecule has 144 valence electrons. The van der Waals surface area contributed by atoms with Crippen LogP contribution in [0.15, 0.2) is 51.8 Å². The second kappa shape index (κ2) is 9.12. The van der Waals surface area contributed by atoms with Crippen molar-refractivity contribution in [2.24, 2.45) is 0 Å². The van der Waals surface area contributed by atoms with Gasteiger partial charge in [-0.25, -0.2) is 17.9 Å². The molecular weight excluding hydrogens is 436 g/mol. The van der Waals surface area contributed by atoms with E-state index < -0.39 is 16.0 Å². The Bertz CT molecular complexity index is 943. The van der Waals surface area contributed by atoms with Crippen LogP contribution >= 0.6 is 15.9 Å². The van der Waals surface area contributed by atoms with Gasteiger partial charge in [-0.3, -0.25) is 4.79 Å². The number of nitrogens with one attached hydrogen (secondary N) is 2. The smallest absolute Gasteiger partial charge is 0.339 e. The standard InChI is InChI=1S/C18H19BrN2O5S/c1-3-20-17(22)13-6-4-12(5-7-13)11-21-27(24,25)14-8-9-16(19)15(10-14)18(23)26-2/h4-10,21H,3,11H2,1-2H3,(H,20,22). The molecule has 0 radical (unpaired) electrons. The van der Waals surface area contributed by atoms with Crippen molar-refractivity contribution in [1.29, 1.82) is 0 Å². The number of benzene rings is 2. The lowest BCUT2D eigenvalue weighted by Crippen LogP contribution is -2.24. The number of halogens is 1. The second-order valence-electron chi connectivity index (χ2n) is 5.51. The molecule has 1 amide bonds. The van der Waals surface area contributed by atoms with Crippen molar-refractivity contribution in [2.75, 3.05) is 13.7 Å². The Morgan fingerprint density at radius 3 is 2.37 bits per heavy atom. The van der Waals surface area contributed by atoms with Gasteiger partial charge in [-0.05, 0) is 58.7 Å². The third-order valence-electron chi connectivity index (χ3n) is 3.67. The summed E-state index contributed by atoms with van der Waals surface area (Å²) in [6.07, 6.45) is 0. The number of esters is 1. The molecule has 0 aliphatic heterocycles. The van der Waals surface area contributed by atoms with Crippen molar-refractivity contribution in [3.05, 3.63) is 63.6 Å². The van der Waals surface area contributed by atoms with E-state index in [1.54, 1.807) is 24.3 Å². The van der Waals surface area contributed by atoms with E-state index >= 15 is 0 Å². The molecule has 0 heterocycles. The first-order chi connectivity index (χ1) is 12.8. The normalized spacial score (nSPS) is 11.1. The topological polar surface area (TPSA) is 102 Å². The van der Waals surface area contributed by atoms with Crippen LogP contribution in [0.2, 0.25) is 0 Å². The third kappa shape index (κ3) is 5.38. The number of rotatable bonds is 7. The van der Waals surface area contributed by atoms with Gasteiger partial charge in [0.2, 0.25) is 10.0 Å². The first-order valence-electron chi connectivity index (χ1n) is 8.03. The highest BCUT2D eigenvalue weighted by atomic mass is 79.9. The minimum absolute atomic E-state index is 0.0433. The first kappa shape index (κ1) is 21.1. The molecule has 0 saturated carbocycles. The fourth-order valence-corrected chi connectivity index (χ4v) is 3.69.